The highest BCUT2D eigenvalue weighted by Crippen LogP contribution is 2.31. The van der Waals surface area contributed by atoms with Crippen LogP contribution in [0.5, 0.6) is 5.75 Å². The highest BCUT2D eigenvalue weighted by molar-refractivity contribution is 7.89. The summed E-state index contributed by atoms with van der Waals surface area (Å²) in [6.07, 6.45) is 0. The minimum atomic E-state index is -3.97. The molecule has 0 bridgehead atoms. The van der Waals surface area contributed by atoms with Crippen LogP contribution in [-0.4, -0.2) is 67.8 Å². The SMILES string of the molecule is COc1ccc(S(=O)(=O)N2CCN(C(C)C(=O)Nc3ccc(C)c(F)c3)CC2)cc1[N+](=O)[O-]. The van der Waals surface area contributed by atoms with Crippen molar-refractivity contribution in [2.75, 3.05) is 38.6 Å². The molecule has 2 aromatic carbocycles. The van der Waals surface area contributed by atoms with Crippen molar-refractivity contribution in [3.63, 3.8) is 0 Å². The third kappa shape index (κ3) is 5.29. The molecule has 0 radical (unpaired) electrons. The Labute approximate surface area is 191 Å². The molecule has 12 heteroatoms. The predicted molar refractivity (Wildman–Crippen MR) is 119 cm³/mol. The van der Waals surface area contributed by atoms with Crippen molar-refractivity contribution in [2.45, 2.75) is 24.8 Å². The molecule has 1 heterocycles. The number of rotatable bonds is 7. The molecule has 2 aromatic rings. The number of piperazine rings is 1. The van der Waals surface area contributed by atoms with E-state index in [9.17, 15) is 27.7 Å². The van der Waals surface area contributed by atoms with Crippen LogP contribution in [0.2, 0.25) is 0 Å². The quantitative estimate of drug-likeness (QED) is 0.477. The largest absolute Gasteiger partial charge is 0.490 e. The first-order valence-corrected chi connectivity index (χ1v) is 11.6. The second kappa shape index (κ2) is 9.81. The Balaban J connectivity index is 1.66. The molecular formula is C21H25FN4O6S. The highest BCUT2D eigenvalue weighted by atomic mass is 32.2. The average Bonchev–Trinajstić information content (AvgIpc) is 2.80. The maximum atomic E-state index is 13.7. The lowest BCUT2D eigenvalue weighted by Crippen LogP contribution is -2.53. The Kier molecular flexibility index (Phi) is 7.30. The van der Waals surface area contributed by atoms with E-state index in [0.29, 0.717) is 11.3 Å². The third-order valence-corrected chi connectivity index (χ3v) is 7.52. The number of hydrogen-bond donors (Lipinski definition) is 1. The Morgan fingerprint density at radius 1 is 1.18 bits per heavy atom. The first-order chi connectivity index (χ1) is 15.5. The monoisotopic (exact) mass is 480 g/mol. The van der Waals surface area contributed by atoms with Gasteiger partial charge < -0.3 is 10.1 Å². The summed E-state index contributed by atoms with van der Waals surface area (Å²) in [5.74, 6) is -0.782. The molecule has 1 amide bonds. The highest BCUT2D eigenvalue weighted by Gasteiger charge is 2.33. The van der Waals surface area contributed by atoms with Crippen LogP contribution in [0.4, 0.5) is 15.8 Å². The fraction of sp³-hybridized carbons (Fsp3) is 0.381. The normalized spacial score (nSPS) is 16.2. The number of carbonyl (C=O) groups excluding carboxylic acids is 1. The maximum Gasteiger partial charge on any atom is 0.312 e. The van der Waals surface area contributed by atoms with E-state index in [-0.39, 0.29) is 42.7 Å². The van der Waals surface area contributed by atoms with Gasteiger partial charge in [0.2, 0.25) is 15.9 Å². The van der Waals surface area contributed by atoms with Gasteiger partial charge in [-0.2, -0.15) is 4.31 Å². The van der Waals surface area contributed by atoms with Crippen molar-refractivity contribution in [1.82, 2.24) is 9.21 Å². The van der Waals surface area contributed by atoms with Crippen LogP contribution in [0, 0.1) is 22.9 Å². The number of anilines is 1. The Bertz CT molecular complexity index is 1170. The number of nitro groups is 1. The molecule has 0 aromatic heterocycles. The number of hydrogen-bond acceptors (Lipinski definition) is 7. The molecule has 0 aliphatic carbocycles. The van der Waals surface area contributed by atoms with E-state index in [1.807, 2.05) is 4.90 Å². The topological polar surface area (TPSA) is 122 Å². The summed E-state index contributed by atoms with van der Waals surface area (Å²) in [4.78, 5) is 24.7. The molecule has 1 N–H and O–H groups in total. The number of amides is 1. The van der Waals surface area contributed by atoms with E-state index in [1.165, 1.54) is 29.6 Å². The fourth-order valence-corrected chi connectivity index (χ4v) is 4.98. The van der Waals surface area contributed by atoms with Crippen LogP contribution >= 0.6 is 0 Å². The zero-order chi connectivity index (χ0) is 24.3. The number of benzene rings is 2. The first kappa shape index (κ1) is 24.6. The van der Waals surface area contributed by atoms with Gasteiger partial charge in [-0.3, -0.25) is 19.8 Å². The van der Waals surface area contributed by atoms with Gasteiger partial charge in [0.25, 0.3) is 0 Å². The number of methoxy groups -OCH3 is 1. The molecule has 10 nitrogen and oxygen atoms in total. The van der Waals surface area contributed by atoms with Crippen LogP contribution in [-0.2, 0) is 14.8 Å². The van der Waals surface area contributed by atoms with E-state index in [1.54, 1.807) is 26.0 Å². The number of nitro benzene ring substituents is 1. The lowest BCUT2D eigenvalue weighted by molar-refractivity contribution is -0.386. The van der Waals surface area contributed by atoms with Gasteiger partial charge in [0.15, 0.2) is 5.75 Å². The molecule has 1 unspecified atom stereocenters. The minimum Gasteiger partial charge on any atom is -0.490 e. The lowest BCUT2D eigenvalue weighted by atomic mass is 10.2. The number of nitrogens with one attached hydrogen (secondary N) is 1. The second-order valence-corrected chi connectivity index (χ2v) is 9.60. The Morgan fingerprint density at radius 2 is 1.85 bits per heavy atom. The number of carbonyl (C=O) groups is 1. The summed E-state index contributed by atoms with van der Waals surface area (Å²) in [5, 5.41) is 13.9. The van der Waals surface area contributed by atoms with Crippen molar-refractivity contribution < 1.29 is 27.3 Å². The zero-order valence-electron chi connectivity index (χ0n) is 18.4. The van der Waals surface area contributed by atoms with E-state index in [0.717, 1.165) is 6.07 Å². The van der Waals surface area contributed by atoms with E-state index >= 15 is 0 Å². The van der Waals surface area contributed by atoms with Crippen LogP contribution in [0.25, 0.3) is 0 Å². The molecule has 178 valence electrons. The minimum absolute atomic E-state index is 0.0305. The van der Waals surface area contributed by atoms with Crippen LogP contribution in [0.1, 0.15) is 12.5 Å². The van der Waals surface area contributed by atoms with E-state index in [4.69, 9.17) is 4.74 Å². The van der Waals surface area contributed by atoms with Crippen molar-refractivity contribution in [3.8, 4) is 5.75 Å². The average molecular weight is 481 g/mol. The molecular weight excluding hydrogens is 455 g/mol. The molecule has 33 heavy (non-hydrogen) atoms. The molecule has 1 aliphatic heterocycles. The van der Waals surface area contributed by atoms with Gasteiger partial charge in [-0.15, -0.1) is 0 Å². The summed E-state index contributed by atoms with van der Waals surface area (Å²) < 4.78 is 45.9. The molecule has 0 spiro atoms. The summed E-state index contributed by atoms with van der Waals surface area (Å²) >= 11 is 0. The molecule has 0 saturated carbocycles. The first-order valence-electron chi connectivity index (χ1n) is 10.2. The van der Waals surface area contributed by atoms with Crippen LogP contribution < -0.4 is 10.1 Å². The predicted octanol–water partition coefficient (Wildman–Crippen LogP) is 2.38. The second-order valence-electron chi connectivity index (χ2n) is 7.66. The van der Waals surface area contributed by atoms with Gasteiger partial charge in [0, 0.05) is 37.9 Å². The van der Waals surface area contributed by atoms with Crippen LogP contribution in [0.15, 0.2) is 41.3 Å². The standard InChI is InChI=1S/C21H25FN4O6S/c1-14-4-5-16(12-18(14)22)23-21(27)15(2)24-8-10-25(11-9-24)33(30,31)17-6-7-20(32-3)19(13-17)26(28)29/h4-7,12-13,15H,8-11H2,1-3H3,(H,23,27). The van der Waals surface area contributed by atoms with Crippen molar-refractivity contribution in [3.05, 3.63) is 57.9 Å². The lowest BCUT2D eigenvalue weighted by Gasteiger charge is -2.36. The van der Waals surface area contributed by atoms with Crippen molar-refractivity contribution >= 4 is 27.3 Å². The van der Waals surface area contributed by atoms with Crippen molar-refractivity contribution in [2.24, 2.45) is 0 Å². The summed E-state index contributed by atoms with van der Waals surface area (Å²) in [7, 11) is -2.70. The van der Waals surface area contributed by atoms with Gasteiger partial charge >= 0.3 is 5.69 Å². The van der Waals surface area contributed by atoms with Crippen LogP contribution in [0.3, 0.4) is 0 Å². The third-order valence-electron chi connectivity index (χ3n) is 5.62. The number of nitrogens with zero attached hydrogens (tertiary/aromatic N) is 3. The Hall–Kier alpha value is -3.09. The summed E-state index contributed by atoms with van der Waals surface area (Å²) in [6.45, 7) is 4.11. The van der Waals surface area contributed by atoms with Gasteiger partial charge in [-0.1, -0.05) is 6.07 Å². The molecule has 1 atom stereocenters. The molecule has 1 fully saturated rings. The van der Waals surface area contributed by atoms with Gasteiger partial charge in [0.1, 0.15) is 5.82 Å². The summed E-state index contributed by atoms with van der Waals surface area (Å²) in [5.41, 5.74) is 0.382. The summed E-state index contributed by atoms with van der Waals surface area (Å²) in [6, 6.07) is 7.37. The van der Waals surface area contributed by atoms with Gasteiger partial charge in [-0.05, 0) is 43.7 Å². The van der Waals surface area contributed by atoms with Crippen molar-refractivity contribution in [1.29, 1.82) is 0 Å². The number of sulfonamides is 1. The van der Waals surface area contributed by atoms with Gasteiger partial charge in [-0.25, -0.2) is 12.8 Å². The van der Waals surface area contributed by atoms with E-state index in [2.05, 4.69) is 5.32 Å². The smallest absolute Gasteiger partial charge is 0.312 e. The zero-order valence-corrected chi connectivity index (χ0v) is 19.3. The maximum absolute atomic E-state index is 13.7. The van der Waals surface area contributed by atoms with E-state index < -0.39 is 32.5 Å². The number of aryl methyl sites for hydroxylation is 1. The Morgan fingerprint density at radius 3 is 2.42 bits per heavy atom. The number of ether oxygens (including phenoxy) is 1. The number of halogens is 1. The molecule has 3 rings (SSSR count). The van der Waals surface area contributed by atoms with Gasteiger partial charge in [0.05, 0.1) is 23.0 Å². The fourth-order valence-electron chi connectivity index (χ4n) is 3.54. The molecule has 1 saturated heterocycles. The molecule has 1 aliphatic rings.